The molecule has 0 saturated heterocycles. The number of rotatable bonds is 4. The third-order valence-electron chi connectivity index (χ3n) is 3.09. The van der Waals surface area contributed by atoms with Crippen molar-refractivity contribution in [3.05, 3.63) is 65.5 Å². The minimum atomic E-state index is -1.17. The third-order valence-corrected chi connectivity index (χ3v) is 3.09. The highest BCUT2D eigenvalue weighted by atomic mass is 19.2. The van der Waals surface area contributed by atoms with Crippen molar-refractivity contribution in [2.75, 3.05) is 11.9 Å². The number of anilines is 1. The Morgan fingerprint density at radius 1 is 0.958 bits per heavy atom. The summed E-state index contributed by atoms with van der Waals surface area (Å²) < 4.78 is 38.6. The van der Waals surface area contributed by atoms with E-state index < -0.39 is 35.4 Å². The lowest BCUT2D eigenvalue weighted by atomic mass is 10.1. The van der Waals surface area contributed by atoms with Gasteiger partial charge in [0.2, 0.25) is 0 Å². The first-order valence-corrected chi connectivity index (χ1v) is 6.84. The van der Waals surface area contributed by atoms with E-state index in [1.807, 2.05) is 0 Å². The molecule has 0 heterocycles. The summed E-state index contributed by atoms with van der Waals surface area (Å²) in [5, 5.41) is 14.1. The van der Waals surface area contributed by atoms with Gasteiger partial charge in [-0.1, -0.05) is 12.1 Å². The van der Waals surface area contributed by atoms with E-state index in [9.17, 15) is 27.9 Å². The molecule has 2 aromatic carbocycles. The van der Waals surface area contributed by atoms with E-state index in [-0.39, 0.29) is 12.2 Å². The number of aliphatic hydroxyl groups is 1. The molecule has 24 heavy (non-hydrogen) atoms. The standard InChI is InChI=1S/C16H13F3N2O3/c17-10-3-1-9(2-4-10)14(22)8-20-15(23)16(24)21-11-5-6-12(18)13(19)7-11/h1-7,14,22H,8H2,(H,20,23)(H,21,24). The van der Waals surface area contributed by atoms with Crippen LogP contribution in [0.2, 0.25) is 0 Å². The van der Waals surface area contributed by atoms with E-state index in [2.05, 4.69) is 10.6 Å². The molecule has 3 N–H and O–H groups in total. The predicted octanol–water partition coefficient (Wildman–Crippen LogP) is 1.89. The Balaban J connectivity index is 1.88. The van der Waals surface area contributed by atoms with Crippen LogP contribution in [0.3, 0.4) is 0 Å². The third kappa shape index (κ3) is 4.56. The van der Waals surface area contributed by atoms with Gasteiger partial charge in [0.1, 0.15) is 5.82 Å². The number of hydrogen-bond acceptors (Lipinski definition) is 3. The molecule has 0 fully saturated rings. The van der Waals surface area contributed by atoms with Gasteiger partial charge in [0, 0.05) is 18.3 Å². The maximum atomic E-state index is 13.0. The van der Waals surface area contributed by atoms with Crippen LogP contribution >= 0.6 is 0 Å². The van der Waals surface area contributed by atoms with Gasteiger partial charge in [-0.15, -0.1) is 0 Å². The summed E-state index contributed by atoms with van der Waals surface area (Å²) in [6.45, 7) is -0.282. The first-order chi connectivity index (χ1) is 11.4. The van der Waals surface area contributed by atoms with Gasteiger partial charge >= 0.3 is 11.8 Å². The Morgan fingerprint density at radius 2 is 1.62 bits per heavy atom. The molecule has 0 aliphatic heterocycles. The number of carbonyl (C=O) groups excluding carboxylic acids is 2. The monoisotopic (exact) mass is 338 g/mol. The lowest BCUT2D eigenvalue weighted by Crippen LogP contribution is -2.37. The van der Waals surface area contributed by atoms with Crippen LogP contribution in [-0.4, -0.2) is 23.5 Å². The minimum Gasteiger partial charge on any atom is -0.387 e. The van der Waals surface area contributed by atoms with Crippen LogP contribution in [0.4, 0.5) is 18.9 Å². The molecule has 0 saturated carbocycles. The summed E-state index contributed by atoms with van der Waals surface area (Å²) in [4.78, 5) is 23.3. The molecular formula is C16H13F3N2O3. The molecule has 1 atom stereocenters. The number of hydrogen-bond donors (Lipinski definition) is 3. The van der Waals surface area contributed by atoms with Gasteiger partial charge in [0.05, 0.1) is 6.10 Å². The van der Waals surface area contributed by atoms with Crippen LogP contribution in [0.25, 0.3) is 0 Å². The predicted molar refractivity (Wildman–Crippen MR) is 79.4 cm³/mol. The molecule has 2 amide bonds. The highest BCUT2D eigenvalue weighted by Crippen LogP contribution is 2.14. The van der Waals surface area contributed by atoms with Crippen molar-refractivity contribution in [2.45, 2.75) is 6.10 Å². The van der Waals surface area contributed by atoms with Gasteiger partial charge < -0.3 is 15.7 Å². The zero-order chi connectivity index (χ0) is 17.7. The van der Waals surface area contributed by atoms with E-state index in [4.69, 9.17) is 0 Å². The largest absolute Gasteiger partial charge is 0.387 e. The number of amides is 2. The zero-order valence-corrected chi connectivity index (χ0v) is 12.2. The van der Waals surface area contributed by atoms with Crippen LogP contribution in [0.15, 0.2) is 42.5 Å². The van der Waals surface area contributed by atoms with Crippen molar-refractivity contribution >= 4 is 17.5 Å². The number of carbonyl (C=O) groups is 2. The average molecular weight is 338 g/mol. The van der Waals surface area contributed by atoms with Gasteiger partial charge in [-0.2, -0.15) is 0 Å². The van der Waals surface area contributed by atoms with E-state index in [0.717, 1.165) is 30.3 Å². The van der Waals surface area contributed by atoms with Crippen LogP contribution in [-0.2, 0) is 9.59 Å². The van der Waals surface area contributed by atoms with Gasteiger partial charge in [-0.25, -0.2) is 13.2 Å². The lowest BCUT2D eigenvalue weighted by molar-refractivity contribution is -0.136. The zero-order valence-electron chi connectivity index (χ0n) is 12.2. The van der Waals surface area contributed by atoms with Crippen LogP contribution < -0.4 is 10.6 Å². The second-order valence-electron chi connectivity index (χ2n) is 4.86. The highest BCUT2D eigenvalue weighted by molar-refractivity contribution is 6.39. The molecule has 8 heteroatoms. The maximum absolute atomic E-state index is 13.0. The number of nitrogens with one attached hydrogen (secondary N) is 2. The molecule has 0 aliphatic rings. The summed E-state index contributed by atoms with van der Waals surface area (Å²) >= 11 is 0. The SMILES string of the molecule is O=C(NCC(O)c1ccc(F)cc1)C(=O)Nc1ccc(F)c(F)c1. The fourth-order valence-corrected chi connectivity index (χ4v) is 1.83. The number of benzene rings is 2. The van der Waals surface area contributed by atoms with Crippen molar-refractivity contribution < 1.29 is 27.9 Å². The van der Waals surface area contributed by atoms with E-state index in [1.54, 1.807) is 0 Å². The van der Waals surface area contributed by atoms with Crippen molar-refractivity contribution in [3.8, 4) is 0 Å². The van der Waals surface area contributed by atoms with E-state index in [1.165, 1.54) is 12.1 Å². The van der Waals surface area contributed by atoms with Crippen LogP contribution in [0.5, 0.6) is 0 Å². The van der Waals surface area contributed by atoms with Crippen molar-refractivity contribution in [1.29, 1.82) is 0 Å². The summed E-state index contributed by atoms with van der Waals surface area (Å²) in [5.41, 5.74) is 0.269. The first kappa shape index (κ1) is 17.5. The van der Waals surface area contributed by atoms with Gasteiger partial charge in [-0.3, -0.25) is 9.59 Å². The number of halogens is 3. The topological polar surface area (TPSA) is 78.4 Å². The average Bonchev–Trinajstić information content (AvgIpc) is 2.56. The maximum Gasteiger partial charge on any atom is 0.313 e. The Bertz CT molecular complexity index is 751. The highest BCUT2D eigenvalue weighted by Gasteiger charge is 2.16. The Labute approximate surface area is 135 Å². The van der Waals surface area contributed by atoms with Gasteiger partial charge in [-0.05, 0) is 29.8 Å². The van der Waals surface area contributed by atoms with E-state index >= 15 is 0 Å². The molecule has 0 radical (unpaired) electrons. The molecule has 0 bridgehead atoms. The molecule has 0 aromatic heterocycles. The van der Waals surface area contributed by atoms with E-state index in [0.29, 0.717) is 5.56 Å². The summed E-state index contributed by atoms with van der Waals surface area (Å²) in [7, 11) is 0. The molecule has 2 aromatic rings. The Kier molecular flexibility index (Phi) is 5.54. The normalized spacial score (nSPS) is 11.7. The van der Waals surface area contributed by atoms with Crippen molar-refractivity contribution in [1.82, 2.24) is 5.32 Å². The molecule has 1 unspecified atom stereocenters. The molecule has 0 spiro atoms. The molecule has 5 nitrogen and oxygen atoms in total. The smallest absolute Gasteiger partial charge is 0.313 e. The van der Waals surface area contributed by atoms with Gasteiger partial charge in [0.25, 0.3) is 0 Å². The second-order valence-corrected chi connectivity index (χ2v) is 4.86. The molecule has 0 aliphatic carbocycles. The Morgan fingerprint density at radius 3 is 2.25 bits per heavy atom. The molecular weight excluding hydrogens is 325 g/mol. The molecule has 126 valence electrons. The Hall–Kier alpha value is -2.87. The fraction of sp³-hybridized carbons (Fsp3) is 0.125. The van der Waals surface area contributed by atoms with Crippen LogP contribution in [0.1, 0.15) is 11.7 Å². The second kappa shape index (κ2) is 7.60. The minimum absolute atomic E-state index is 0.0897. The first-order valence-electron chi connectivity index (χ1n) is 6.84. The number of aliphatic hydroxyl groups excluding tert-OH is 1. The summed E-state index contributed by atoms with van der Waals surface area (Å²) in [5.74, 6) is -4.89. The van der Waals surface area contributed by atoms with Gasteiger partial charge in [0.15, 0.2) is 11.6 Å². The van der Waals surface area contributed by atoms with Crippen LogP contribution in [0, 0.1) is 17.5 Å². The van der Waals surface area contributed by atoms with Crippen molar-refractivity contribution in [3.63, 3.8) is 0 Å². The fourth-order valence-electron chi connectivity index (χ4n) is 1.83. The lowest BCUT2D eigenvalue weighted by Gasteiger charge is -2.12. The quantitative estimate of drug-likeness (QED) is 0.745. The summed E-state index contributed by atoms with van der Waals surface area (Å²) in [6, 6.07) is 7.61. The molecule has 2 rings (SSSR count). The summed E-state index contributed by atoms with van der Waals surface area (Å²) in [6.07, 6.45) is -1.13. The van der Waals surface area contributed by atoms with Crippen molar-refractivity contribution in [2.24, 2.45) is 0 Å².